The van der Waals surface area contributed by atoms with Crippen molar-refractivity contribution in [3.8, 4) is 0 Å². The lowest BCUT2D eigenvalue weighted by atomic mass is 10.2. The van der Waals surface area contributed by atoms with Gasteiger partial charge < -0.3 is 19.4 Å². The molecule has 0 bridgehead atoms. The Morgan fingerprint density at radius 3 is 2.31 bits per heavy atom. The number of amides is 2. The SMILES string of the molecule is CCOC(=O)Nc1ccc(NCc2ccc(F)cc2)cc1NC(=O)OBOC(=O)C(C)C. The van der Waals surface area contributed by atoms with E-state index < -0.39 is 25.8 Å². The van der Waals surface area contributed by atoms with E-state index in [4.69, 9.17) is 14.0 Å². The van der Waals surface area contributed by atoms with E-state index in [0.29, 0.717) is 12.2 Å². The maximum Gasteiger partial charge on any atom is 0.581 e. The van der Waals surface area contributed by atoms with Crippen molar-refractivity contribution in [1.82, 2.24) is 0 Å². The summed E-state index contributed by atoms with van der Waals surface area (Å²) in [5.41, 5.74) is 1.96. The van der Waals surface area contributed by atoms with Crippen molar-refractivity contribution < 1.29 is 32.8 Å². The number of carbonyl (C=O) groups is 3. The minimum atomic E-state index is -0.885. The maximum absolute atomic E-state index is 13.1. The highest BCUT2D eigenvalue weighted by Gasteiger charge is 2.15. The molecule has 2 aromatic carbocycles. The molecule has 0 aromatic heterocycles. The second kappa shape index (κ2) is 12.2. The number of hydrogen-bond acceptors (Lipinski definition) is 7. The highest BCUT2D eigenvalue weighted by Crippen LogP contribution is 2.27. The molecule has 0 heterocycles. The zero-order valence-corrected chi connectivity index (χ0v) is 18.1. The van der Waals surface area contributed by atoms with Crippen LogP contribution in [0.25, 0.3) is 0 Å². The molecule has 170 valence electrons. The van der Waals surface area contributed by atoms with Gasteiger partial charge in [-0.2, -0.15) is 0 Å². The summed E-state index contributed by atoms with van der Waals surface area (Å²) in [6.07, 6.45) is -1.58. The lowest BCUT2D eigenvalue weighted by Gasteiger charge is -2.15. The number of nitrogens with one attached hydrogen (secondary N) is 3. The van der Waals surface area contributed by atoms with E-state index in [2.05, 4.69) is 16.0 Å². The first-order chi connectivity index (χ1) is 15.3. The first-order valence-corrected chi connectivity index (χ1v) is 9.95. The van der Waals surface area contributed by atoms with Crippen molar-refractivity contribution in [3.05, 3.63) is 53.8 Å². The van der Waals surface area contributed by atoms with E-state index in [9.17, 15) is 18.8 Å². The van der Waals surface area contributed by atoms with Crippen LogP contribution >= 0.6 is 0 Å². The van der Waals surface area contributed by atoms with Gasteiger partial charge in [-0.1, -0.05) is 26.0 Å². The van der Waals surface area contributed by atoms with Gasteiger partial charge in [0.25, 0.3) is 5.97 Å². The van der Waals surface area contributed by atoms with E-state index >= 15 is 0 Å². The van der Waals surface area contributed by atoms with Gasteiger partial charge in [-0.15, -0.1) is 0 Å². The Morgan fingerprint density at radius 1 is 0.969 bits per heavy atom. The molecule has 32 heavy (non-hydrogen) atoms. The van der Waals surface area contributed by atoms with Crippen LogP contribution in [0.1, 0.15) is 26.3 Å². The summed E-state index contributed by atoms with van der Waals surface area (Å²) in [5.74, 6) is -1.19. The summed E-state index contributed by atoms with van der Waals surface area (Å²) in [5, 5.41) is 8.16. The minimum Gasteiger partial charge on any atom is -0.502 e. The number of benzene rings is 2. The Hall–Kier alpha value is -3.76. The van der Waals surface area contributed by atoms with Gasteiger partial charge in [0.05, 0.1) is 18.0 Å². The largest absolute Gasteiger partial charge is 0.581 e. The van der Waals surface area contributed by atoms with Crippen molar-refractivity contribution in [1.29, 1.82) is 0 Å². The Bertz CT molecular complexity index is 940. The smallest absolute Gasteiger partial charge is 0.502 e. The van der Waals surface area contributed by atoms with Gasteiger partial charge in [0, 0.05) is 18.2 Å². The van der Waals surface area contributed by atoms with E-state index in [1.54, 1.807) is 51.1 Å². The summed E-state index contributed by atoms with van der Waals surface area (Å²) in [4.78, 5) is 35.4. The molecule has 9 nitrogen and oxygen atoms in total. The highest BCUT2D eigenvalue weighted by atomic mass is 19.1. The molecule has 0 aliphatic carbocycles. The third-order valence-electron chi connectivity index (χ3n) is 4.04. The number of ether oxygens (including phenoxy) is 1. The fraction of sp³-hybridized carbons (Fsp3) is 0.286. The molecular weight excluding hydrogens is 420 g/mol. The molecule has 0 aliphatic rings. The van der Waals surface area contributed by atoms with Crippen LogP contribution < -0.4 is 16.0 Å². The predicted octanol–water partition coefficient (Wildman–Crippen LogP) is 4.02. The Kier molecular flexibility index (Phi) is 9.33. The van der Waals surface area contributed by atoms with Gasteiger partial charge in [-0.05, 0) is 42.8 Å². The van der Waals surface area contributed by atoms with Crippen molar-refractivity contribution in [2.75, 3.05) is 22.6 Å². The highest BCUT2D eigenvalue weighted by molar-refractivity contribution is 6.26. The minimum absolute atomic E-state index is 0.176. The molecule has 2 aromatic rings. The standard InChI is InChI=1S/C21H25BFN3O6/c1-4-30-20(28)25-17-10-9-16(24-12-14-5-7-15(23)8-6-14)11-18(17)26-21(29)32-22-31-19(27)13(2)3/h5-11,13,22,24H,4,12H2,1-3H3,(H,25,28)(H,26,29). The zero-order valence-electron chi connectivity index (χ0n) is 18.1. The number of carbonyl (C=O) groups excluding carboxylic acids is 3. The maximum atomic E-state index is 13.1. The van der Waals surface area contributed by atoms with E-state index in [0.717, 1.165) is 5.56 Å². The Morgan fingerprint density at radius 2 is 1.66 bits per heavy atom. The summed E-state index contributed by atoms with van der Waals surface area (Å²) >= 11 is 0. The molecule has 0 saturated carbocycles. The van der Waals surface area contributed by atoms with Gasteiger partial charge >= 0.3 is 19.9 Å². The van der Waals surface area contributed by atoms with Crippen LogP contribution in [0.5, 0.6) is 0 Å². The Labute approximate surface area is 185 Å². The van der Waals surface area contributed by atoms with Crippen LogP contribution in [0.2, 0.25) is 0 Å². The van der Waals surface area contributed by atoms with Crippen LogP contribution in [0, 0.1) is 11.7 Å². The number of anilines is 3. The molecular formula is C21H25BFN3O6. The fourth-order valence-corrected chi connectivity index (χ4v) is 2.40. The van der Waals surface area contributed by atoms with Gasteiger partial charge in [0.15, 0.2) is 0 Å². The summed E-state index contributed by atoms with van der Waals surface area (Å²) < 4.78 is 27.6. The first-order valence-electron chi connectivity index (χ1n) is 9.95. The van der Waals surface area contributed by atoms with E-state index in [-0.39, 0.29) is 29.7 Å². The van der Waals surface area contributed by atoms with Gasteiger partial charge in [-0.25, -0.2) is 14.0 Å². The fourth-order valence-electron chi connectivity index (χ4n) is 2.40. The van der Waals surface area contributed by atoms with Crippen LogP contribution in [-0.4, -0.2) is 32.4 Å². The quantitative estimate of drug-likeness (QED) is 0.500. The van der Waals surface area contributed by atoms with E-state index in [1.807, 2.05) is 0 Å². The summed E-state index contributed by atoms with van der Waals surface area (Å²) in [7, 11) is -0.550. The van der Waals surface area contributed by atoms with Crippen molar-refractivity contribution in [2.45, 2.75) is 27.3 Å². The third kappa shape index (κ3) is 8.17. The molecule has 2 rings (SSSR count). The first kappa shape index (κ1) is 24.5. The monoisotopic (exact) mass is 445 g/mol. The Balaban J connectivity index is 2.07. The molecule has 2 amide bonds. The number of hydrogen-bond donors (Lipinski definition) is 3. The van der Waals surface area contributed by atoms with E-state index in [1.165, 1.54) is 12.1 Å². The summed E-state index contributed by atoms with van der Waals surface area (Å²) in [6, 6.07) is 10.8. The average molecular weight is 445 g/mol. The summed E-state index contributed by atoms with van der Waals surface area (Å²) in [6.45, 7) is 5.55. The number of rotatable bonds is 9. The molecule has 0 atom stereocenters. The average Bonchev–Trinajstić information content (AvgIpc) is 2.75. The topological polar surface area (TPSA) is 115 Å². The van der Waals surface area contributed by atoms with Crippen molar-refractivity contribution >= 4 is 42.9 Å². The molecule has 0 unspecified atom stereocenters. The molecule has 11 heteroatoms. The molecule has 0 radical (unpaired) electrons. The van der Waals surface area contributed by atoms with Crippen molar-refractivity contribution in [2.24, 2.45) is 5.92 Å². The molecule has 3 N–H and O–H groups in total. The lowest BCUT2D eigenvalue weighted by molar-refractivity contribution is -0.138. The van der Waals surface area contributed by atoms with Crippen LogP contribution in [0.15, 0.2) is 42.5 Å². The van der Waals surface area contributed by atoms with Gasteiger partial charge in [-0.3, -0.25) is 15.4 Å². The van der Waals surface area contributed by atoms with Crippen LogP contribution in [0.4, 0.5) is 31.0 Å². The normalized spacial score (nSPS) is 10.2. The second-order valence-corrected chi connectivity index (χ2v) is 6.88. The van der Waals surface area contributed by atoms with Gasteiger partial charge in [0.2, 0.25) is 0 Å². The predicted molar refractivity (Wildman–Crippen MR) is 119 cm³/mol. The number of halogens is 1. The second-order valence-electron chi connectivity index (χ2n) is 6.88. The van der Waals surface area contributed by atoms with Gasteiger partial charge in [0.1, 0.15) is 5.82 Å². The third-order valence-corrected chi connectivity index (χ3v) is 4.04. The molecule has 0 saturated heterocycles. The molecule has 0 aliphatic heterocycles. The zero-order chi connectivity index (χ0) is 23.5. The van der Waals surface area contributed by atoms with Crippen molar-refractivity contribution in [3.63, 3.8) is 0 Å². The lowest BCUT2D eigenvalue weighted by Crippen LogP contribution is -2.23. The van der Waals surface area contributed by atoms with Crippen LogP contribution in [-0.2, 0) is 25.4 Å². The van der Waals surface area contributed by atoms with Crippen LogP contribution in [0.3, 0.4) is 0 Å². The molecule has 0 fully saturated rings. The molecule has 0 spiro atoms.